The number of nitrogens with zero attached hydrogens (tertiary/aromatic N) is 1. The summed E-state index contributed by atoms with van der Waals surface area (Å²) in [7, 11) is 4.45. The number of hydrogen-bond donors (Lipinski definition) is 1. The number of carbonyl (C=O) groups excluding carboxylic acids is 1. The van der Waals surface area contributed by atoms with Crippen LogP contribution >= 0.6 is 11.3 Å². The first-order chi connectivity index (χ1) is 21.1. The number of aliphatic hydroxyl groups excluding tert-OH is 1. The minimum atomic E-state index is -0.125. The van der Waals surface area contributed by atoms with E-state index >= 15 is 0 Å². The number of aryl methyl sites for hydroxylation is 1. The molecule has 0 amide bonds. The van der Waals surface area contributed by atoms with E-state index in [1.54, 1.807) is 5.56 Å². The summed E-state index contributed by atoms with van der Waals surface area (Å²) < 4.78 is 4.79. The molecule has 245 valence electrons. The molecule has 1 saturated carbocycles. The molecule has 0 spiro atoms. The van der Waals surface area contributed by atoms with Crippen LogP contribution in [0.3, 0.4) is 0 Å². The van der Waals surface area contributed by atoms with Gasteiger partial charge in [0.25, 0.3) is 0 Å². The molecular formula is C41H48IrNO2S-. The van der Waals surface area contributed by atoms with Gasteiger partial charge in [-0.3, -0.25) is 4.79 Å². The van der Waals surface area contributed by atoms with Crippen LogP contribution in [0.5, 0.6) is 0 Å². The first-order valence-corrected chi connectivity index (χ1v) is 16.9. The van der Waals surface area contributed by atoms with E-state index in [0.717, 1.165) is 5.56 Å². The van der Waals surface area contributed by atoms with Gasteiger partial charge in [0.15, 0.2) is 5.78 Å². The topological polar surface area (TPSA) is 41.2 Å². The molecule has 3 aromatic carbocycles. The van der Waals surface area contributed by atoms with Crippen molar-refractivity contribution in [2.45, 2.75) is 92.4 Å². The smallest absolute Gasteiger partial charge is 0.155 e. The molecule has 1 N–H and O–H groups in total. The minimum Gasteiger partial charge on any atom is -0.512 e. The van der Waals surface area contributed by atoms with E-state index in [1.807, 2.05) is 11.3 Å². The quantitative estimate of drug-likeness (QED) is 0.0853. The second kappa shape index (κ2) is 13.6. The zero-order valence-electron chi connectivity index (χ0n) is 28.6. The second-order valence-corrected chi connectivity index (χ2v) is 15.7. The normalized spacial score (nSPS) is 15.4. The van der Waals surface area contributed by atoms with E-state index in [0.29, 0.717) is 11.3 Å². The van der Waals surface area contributed by atoms with Gasteiger partial charge in [-0.15, -0.1) is 34.4 Å². The van der Waals surface area contributed by atoms with Gasteiger partial charge < -0.3 is 9.67 Å². The molecule has 1 aliphatic rings. The Kier molecular flexibility index (Phi) is 10.5. The van der Waals surface area contributed by atoms with E-state index in [9.17, 15) is 4.79 Å². The van der Waals surface area contributed by atoms with Crippen LogP contribution in [0.1, 0.15) is 102 Å². The molecule has 3 nitrogen and oxygen atoms in total. The van der Waals surface area contributed by atoms with Crippen LogP contribution in [0, 0.1) is 26.3 Å². The maximum Gasteiger partial charge on any atom is 0.155 e. The summed E-state index contributed by atoms with van der Waals surface area (Å²) in [5, 5.41) is 13.6. The Bertz CT molecular complexity index is 1940. The van der Waals surface area contributed by atoms with Crippen molar-refractivity contribution in [2.24, 2.45) is 5.41 Å². The summed E-state index contributed by atoms with van der Waals surface area (Å²) in [5.74, 6) is 0.615. The number of fused-ring (bicyclic) bond motifs is 4. The van der Waals surface area contributed by atoms with E-state index in [1.165, 1.54) is 98.9 Å². The fraction of sp³-hybridized carbons (Fsp3) is 0.366. The molecule has 2 heterocycles. The van der Waals surface area contributed by atoms with Gasteiger partial charge in [0, 0.05) is 42.6 Å². The number of hydrogen-bond acceptors (Lipinski definition) is 3. The van der Waals surface area contributed by atoms with Gasteiger partial charge in [0.2, 0.25) is 0 Å². The average molecular weight is 811 g/mol. The van der Waals surface area contributed by atoms with Gasteiger partial charge in [-0.1, -0.05) is 75.9 Å². The van der Waals surface area contributed by atoms with Crippen molar-refractivity contribution >= 4 is 48.1 Å². The zero-order valence-corrected chi connectivity index (χ0v) is 31.8. The van der Waals surface area contributed by atoms with Crippen molar-refractivity contribution in [3.63, 3.8) is 0 Å². The monoisotopic (exact) mass is 811 g/mol. The van der Waals surface area contributed by atoms with E-state index < -0.39 is 0 Å². The third-order valence-corrected chi connectivity index (χ3v) is 10.9. The molecule has 6 rings (SSSR count). The van der Waals surface area contributed by atoms with Crippen molar-refractivity contribution in [1.29, 1.82) is 0 Å². The molecule has 0 unspecified atom stereocenters. The molecule has 5 heteroatoms. The van der Waals surface area contributed by atoms with Gasteiger partial charge in [-0.25, -0.2) is 0 Å². The molecule has 0 bridgehead atoms. The molecule has 1 radical (unpaired) electrons. The number of pyridine rings is 1. The second-order valence-electron chi connectivity index (χ2n) is 14.7. The molecule has 0 aliphatic heterocycles. The summed E-state index contributed by atoms with van der Waals surface area (Å²) in [4.78, 5) is 10.0. The van der Waals surface area contributed by atoms with Gasteiger partial charge in [-0.05, 0) is 91.2 Å². The van der Waals surface area contributed by atoms with Crippen LogP contribution in [0.2, 0.25) is 0 Å². The van der Waals surface area contributed by atoms with Crippen molar-refractivity contribution in [1.82, 2.24) is 0 Å². The predicted molar refractivity (Wildman–Crippen MR) is 193 cm³/mol. The van der Waals surface area contributed by atoms with E-state index in [4.69, 9.17) is 5.11 Å². The number of benzene rings is 3. The number of rotatable bonds is 3. The van der Waals surface area contributed by atoms with E-state index in [2.05, 4.69) is 115 Å². The van der Waals surface area contributed by atoms with Crippen molar-refractivity contribution in [2.75, 3.05) is 0 Å². The van der Waals surface area contributed by atoms with Gasteiger partial charge >= 0.3 is 0 Å². The Morgan fingerprint density at radius 3 is 2.15 bits per heavy atom. The fourth-order valence-electron chi connectivity index (χ4n) is 7.03. The Labute approximate surface area is 293 Å². The number of allylic oxidation sites excluding steroid dienone is 2. The van der Waals surface area contributed by atoms with Crippen molar-refractivity contribution < 1.29 is 34.6 Å². The van der Waals surface area contributed by atoms with Crippen LogP contribution in [0.15, 0.2) is 66.6 Å². The van der Waals surface area contributed by atoms with Gasteiger partial charge in [0.05, 0.1) is 17.6 Å². The van der Waals surface area contributed by atoms with Crippen molar-refractivity contribution in [3.05, 3.63) is 103 Å². The Morgan fingerprint density at radius 1 is 0.978 bits per heavy atom. The van der Waals surface area contributed by atoms with Crippen LogP contribution in [-0.4, -0.2) is 10.9 Å². The molecule has 46 heavy (non-hydrogen) atoms. The molecule has 5 aromatic rings. The van der Waals surface area contributed by atoms with Gasteiger partial charge in [-0.2, -0.15) is 12.5 Å². The maximum absolute atomic E-state index is 10.0. The third kappa shape index (κ3) is 7.08. The molecule has 1 aliphatic carbocycles. The van der Waals surface area contributed by atoms with Gasteiger partial charge in [0.1, 0.15) is 0 Å². The van der Waals surface area contributed by atoms with E-state index in [-0.39, 0.29) is 37.1 Å². The van der Waals surface area contributed by atoms with Crippen LogP contribution in [0.25, 0.3) is 42.2 Å². The summed E-state index contributed by atoms with van der Waals surface area (Å²) in [6, 6.07) is 18.2. The first-order valence-electron chi connectivity index (χ1n) is 16.1. The Hall–Kier alpha value is -3.11. The fourth-order valence-corrected chi connectivity index (χ4v) is 8.41. The summed E-state index contributed by atoms with van der Waals surface area (Å²) in [5.41, 5.74) is 8.33. The summed E-state index contributed by atoms with van der Waals surface area (Å²) in [6.07, 6.45) is 8.52. The summed E-state index contributed by atoms with van der Waals surface area (Å²) >= 11 is 1.94. The predicted octanol–water partition coefficient (Wildman–Crippen LogP) is 11.3. The number of aliphatic hydroxyl groups is 1. The average Bonchev–Trinajstić information content (AvgIpc) is 3.33. The molecule has 0 atom stereocenters. The zero-order chi connectivity index (χ0) is 32.8. The molecule has 1 fully saturated rings. The number of carbonyl (C=O) groups is 1. The number of aromatic nitrogens is 1. The molecule has 0 saturated heterocycles. The minimum absolute atomic E-state index is 0. The molecule has 2 aromatic heterocycles. The summed E-state index contributed by atoms with van der Waals surface area (Å²) in [6.45, 7) is 21.6. The Morgan fingerprint density at radius 2 is 1.59 bits per heavy atom. The Balaban J connectivity index is 0.000000542. The number of ketones is 1. The molecular weight excluding hydrogens is 763 g/mol. The SMILES string of the molecule is CC(=O)/C=C(/C)O.[CH2-]c1c(-c2c3sc4c(C)c(C5CCC(C)(C)CC5)ccc4c3cc[n+]2[CH2-])cc(C(C)(C)C)c2ccccc12.[Ir]. The van der Waals surface area contributed by atoms with Crippen LogP contribution in [0.4, 0.5) is 0 Å². The van der Waals surface area contributed by atoms with Crippen molar-refractivity contribution in [3.8, 4) is 11.3 Å². The number of thiophene rings is 1. The maximum atomic E-state index is 10.0. The van der Waals surface area contributed by atoms with Crippen LogP contribution in [-0.2, 0) is 30.3 Å². The third-order valence-electron chi connectivity index (χ3n) is 9.52. The largest absolute Gasteiger partial charge is 0.512 e. The van der Waals surface area contributed by atoms with Crippen LogP contribution < -0.4 is 4.57 Å². The first kappa shape index (κ1) is 35.7. The standard InChI is InChI=1S/C36H40NS.C5H8O2.Ir/c1-22-26-11-9-10-12-27(26)31(35(3,4)5)21-30(22)32-34-29(17-20-37(32)8)28-14-13-25(23(2)33(28)38-34)24-15-18-36(6,7)19-16-24;1-4(6)3-5(2)7;/h9-14,17,20-21,24H,1,8,15-16,18-19H2,2-7H3;3,6H,1-2H3;/q-1;;/b;4-3-;.